The van der Waals surface area contributed by atoms with E-state index in [1.54, 1.807) is 61.7 Å². The third-order valence-corrected chi connectivity index (χ3v) is 6.74. The quantitative estimate of drug-likeness (QED) is 0.566. The summed E-state index contributed by atoms with van der Waals surface area (Å²) in [6.07, 6.45) is 0. The number of ether oxygens (including phenoxy) is 1. The second-order valence-corrected chi connectivity index (χ2v) is 8.86. The van der Waals surface area contributed by atoms with Gasteiger partial charge in [0.15, 0.2) is 9.84 Å². The average Bonchev–Trinajstić information content (AvgIpc) is 2.91. The zero-order chi connectivity index (χ0) is 20.5. The fraction of sp³-hybridized carbons (Fsp3) is 0.300. The number of benzene rings is 2. The summed E-state index contributed by atoms with van der Waals surface area (Å²) in [4.78, 5) is 16.5. The van der Waals surface area contributed by atoms with Gasteiger partial charge in [0, 0.05) is 5.02 Å². The normalized spacial score (nSPS) is 11.7. The fourth-order valence-corrected chi connectivity index (χ4v) is 5.01. The molecule has 3 rings (SSSR count). The Bertz CT molecular complexity index is 1150. The minimum atomic E-state index is -3.56. The van der Waals surface area contributed by atoms with Gasteiger partial charge in [-0.1, -0.05) is 23.7 Å². The molecule has 0 unspecified atom stereocenters. The Morgan fingerprint density at radius 1 is 1.21 bits per heavy atom. The molecule has 1 heterocycles. The van der Waals surface area contributed by atoms with Crippen molar-refractivity contribution in [1.29, 1.82) is 0 Å². The van der Waals surface area contributed by atoms with Gasteiger partial charge >= 0.3 is 5.97 Å². The average molecular weight is 421 g/mol. The topological polar surface area (TPSA) is 78.3 Å². The summed E-state index contributed by atoms with van der Waals surface area (Å²) in [7, 11) is -3.56. The molecular formula is C20H21ClN2O4S. The van der Waals surface area contributed by atoms with E-state index in [1.165, 1.54) is 0 Å². The van der Waals surface area contributed by atoms with Crippen molar-refractivity contribution in [3.8, 4) is 0 Å². The molecule has 0 N–H and O–H groups in total. The van der Waals surface area contributed by atoms with Crippen molar-refractivity contribution in [3.63, 3.8) is 0 Å². The van der Waals surface area contributed by atoms with E-state index in [2.05, 4.69) is 4.98 Å². The van der Waals surface area contributed by atoms with Crippen LogP contribution in [0.5, 0.6) is 0 Å². The van der Waals surface area contributed by atoms with Gasteiger partial charge in [0.05, 0.1) is 28.3 Å². The molecule has 0 saturated carbocycles. The summed E-state index contributed by atoms with van der Waals surface area (Å²) >= 11 is 6.07. The number of imidazole rings is 1. The second kappa shape index (κ2) is 7.93. The van der Waals surface area contributed by atoms with Crippen LogP contribution < -0.4 is 0 Å². The zero-order valence-corrected chi connectivity index (χ0v) is 17.5. The molecular weight excluding hydrogens is 400 g/mol. The van der Waals surface area contributed by atoms with Crippen molar-refractivity contribution < 1.29 is 17.9 Å². The van der Waals surface area contributed by atoms with Crippen LogP contribution in [0, 0.1) is 13.8 Å². The predicted molar refractivity (Wildman–Crippen MR) is 108 cm³/mol. The molecule has 0 saturated heterocycles. The first-order chi connectivity index (χ1) is 13.2. The molecule has 3 aromatic rings. The molecule has 0 aliphatic rings. The first kappa shape index (κ1) is 20.4. The molecule has 0 radical (unpaired) electrons. The van der Waals surface area contributed by atoms with E-state index in [4.69, 9.17) is 16.3 Å². The Labute approximate surface area is 169 Å². The molecule has 0 fully saturated rings. The van der Waals surface area contributed by atoms with Gasteiger partial charge in [-0.15, -0.1) is 0 Å². The maximum absolute atomic E-state index is 12.9. The van der Waals surface area contributed by atoms with Crippen molar-refractivity contribution in [1.82, 2.24) is 9.55 Å². The molecule has 6 nitrogen and oxygen atoms in total. The van der Waals surface area contributed by atoms with Crippen LogP contribution >= 0.6 is 11.6 Å². The highest BCUT2D eigenvalue weighted by atomic mass is 35.5. The van der Waals surface area contributed by atoms with Crippen LogP contribution in [0.25, 0.3) is 11.0 Å². The van der Waals surface area contributed by atoms with Gasteiger partial charge < -0.3 is 9.30 Å². The number of nitrogens with zero attached hydrogens (tertiary/aromatic N) is 2. The van der Waals surface area contributed by atoms with Crippen LogP contribution in [0.2, 0.25) is 5.02 Å². The SMILES string of the molecule is CCOC(=O)Cn1c(C)nc2cc(CS(=O)(=O)c3cccc(Cl)c3C)ccc21. The molecule has 0 aliphatic heterocycles. The Morgan fingerprint density at radius 2 is 1.96 bits per heavy atom. The summed E-state index contributed by atoms with van der Waals surface area (Å²) in [6.45, 7) is 5.62. The molecule has 0 amide bonds. The number of sulfone groups is 1. The first-order valence-corrected chi connectivity index (χ1v) is 10.8. The molecule has 0 spiro atoms. The van der Waals surface area contributed by atoms with Crippen molar-refractivity contribution >= 4 is 38.4 Å². The summed E-state index contributed by atoms with van der Waals surface area (Å²) < 4.78 is 32.5. The number of carbonyl (C=O) groups excluding carboxylic acids is 1. The smallest absolute Gasteiger partial charge is 0.326 e. The van der Waals surface area contributed by atoms with Gasteiger partial charge in [0.2, 0.25) is 0 Å². The van der Waals surface area contributed by atoms with E-state index in [0.717, 1.165) is 5.52 Å². The summed E-state index contributed by atoms with van der Waals surface area (Å²) in [5.74, 6) is 0.162. The van der Waals surface area contributed by atoms with Gasteiger partial charge in [-0.25, -0.2) is 13.4 Å². The van der Waals surface area contributed by atoms with Crippen LogP contribution in [0.1, 0.15) is 23.9 Å². The number of esters is 1. The highest BCUT2D eigenvalue weighted by molar-refractivity contribution is 7.90. The number of hydrogen-bond acceptors (Lipinski definition) is 5. The number of halogens is 1. The third kappa shape index (κ3) is 4.05. The summed E-state index contributed by atoms with van der Waals surface area (Å²) in [5.41, 5.74) is 2.55. The van der Waals surface area contributed by atoms with Crippen LogP contribution in [-0.4, -0.2) is 30.5 Å². The maximum Gasteiger partial charge on any atom is 0.326 e. The van der Waals surface area contributed by atoms with Crippen LogP contribution in [0.4, 0.5) is 0 Å². The molecule has 0 atom stereocenters. The highest BCUT2D eigenvalue weighted by Crippen LogP contribution is 2.27. The van der Waals surface area contributed by atoms with Gasteiger partial charge in [-0.05, 0) is 56.2 Å². The highest BCUT2D eigenvalue weighted by Gasteiger charge is 2.20. The maximum atomic E-state index is 12.9. The van der Waals surface area contributed by atoms with Gasteiger partial charge in [0.25, 0.3) is 0 Å². The lowest BCUT2D eigenvalue weighted by Gasteiger charge is -2.09. The summed E-state index contributed by atoms with van der Waals surface area (Å²) in [6, 6.07) is 10.1. The van der Waals surface area contributed by atoms with Crippen LogP contribution in [0.15, 0.2) is 41.3 Å². The molecule has 148 valence electrons. The van der Waals surface area contributed by atoms with Crippen molar-refractivity contribution in [2.45, 2.75) is 38.0 Å². The Morgan fingerprint density at radius 3 is 2.68 bits per heavy atom. The lowest BCUT2D eigenvalue weighted by molar-refractivity contribution is -0.143. The summed E-state index contributed by atoms with van der Waals surface area (Å²) in [5, 5.41) is 0.421. The first-order valence-electron chi connectivity index (χ1n) is 8.82. The van der Waals surface area contributed by atoms with E-state index < -0.39 is 9.84 Å². The van der Waals surface area contributed by atoms with Crippen LogP contribution in [0.3, 0.4) is 0 Å². The number of aryl methyl sites for hydroxylation is 1. The van der Waals surface area contributed by atoms with Crippen molar-refractivity contribution in [2.24, 2.45) is 0 Å². The van der Waals surface area contributed by atoms with Crippen molar-refractivity contribution in [2.75, 3.05) is 6.61 Å². The molecule has 2 aromatic carbocycles. The third-order valence-electron chi connectivity index (χ3n) is 4.51. The zero-order valence-electron chi connectivity index (χ0n) is 15.9. The predicted octanol–water partition coefficient (Wildman–Crippen LogP) is 3.84. The number of aromatic nitrogens is 2. The van der Waals surface area contributed by atoms with E-state index in [1.807, 2.05) is 0 Å². The number of carbonyl (C=O) groups is 1. The largest absolute Gasteiger partial charge is 0.465 e. The molecule has 1 aromatic heterocycles. The standard InChI is InChI=1S/C20H21ClN2O4S/c1-4-27-20(24)11-23-14(3)22-17-10-15(8-9-18(17)23)12-28(25,26)19-7-5-6-16(21)13(19)2/h5-10H,4,11-12H2,1-3H3. The number of hydrogen-bond donors (Lipinski definition) is 0. The van der Waals surface area contributed by atoms with E-state index >= 15 is 0 Å². The minimum Gasteiger partial charge on any atom is -0.465 e. The van der Waals surface area contributed by atoms with E-state index in [0.29, 0.717) is 34.1 Å². The molecule has 0 bridgehead atoms. The Hall–Kier alpha value is -2.38. The number of rotatable bonds is 6. The Kier molecular flexibility index (Phi) is 5.76. The minimum absolute atomic E-state index is 0.0650. The van der Waals surface area contributed by atoms with Crippen LogP contribution in [-0.2, 0) is 31.7 Å². The lowest BCUT2D eigenvalue weighted by atomic mass is 10.2. The second-order valence-electron chi connectivity index (χ2n) is 6.50. The van der Waals surface area contributed by atoms with Gasteiger partial charge in [-0.3, -0.25) is 4.79 Å². The molecule has 8 heteroatoms. The lowest BCUT2D eigenvalue weighted by Crippen LogP contribution is -2.14. The van der Waals surface area contributed by atoms with E-state index in [9.17, 15) is 13.2 Å². The molecule has 28 heavy (non-hydrogen) atoms. The Balaban J connectivity index is 1.93. The van der Waals surface area contributed by atoms with Crippen molar-refractivity contribution in [3.05, 3.63) is 58.4 Å². The van der Waals surface area contributed by atoms with Gasteiger partial charge in [-0.2, -0.15) is 0 Å². The monoisotopic (exact) mass is 420 g/mol. The fourth-order valence-electron chi connectivity index (χ4n) is 3.14. The molecule has 0 aliphatic carbocycles. The number of fused-ring (bicyclic) bond motifs is 1. The van der Waals surface area contributed by atoms with Gasteiger partial charge in [0.1, 0.15) is 12.4 Å². The van der Waals surface area contributed by atoms with E-state index in [-0.39, 0.29) is 23.2 Å².